The van der Waals surface area contributed by atoms with E-state index in [1.54, 1.807) is 0 Å². The summed E-state index contributed by atoms with van der Waals surface area (Å²) in [6.45, 7) is 0.0189. The molecule has 0 fully saturated rings. The van der Waals surface area contributed by atoms with Gasteiger partial charge in [0.1, 0.15) is 0 Å². The van der Waals surface area contributed by atoms with Gasteiger partial charge in [-0.25, -0.2) is 9.29 Å². The number of nitrogens with zero attached hydrogens (tertiary/aromatic N) is 3. The van der Waals surface area contributed by atoms with Gasteiger partial charge in [-0.15, -0.1) is 0 Å². The second-order valence-corrected chi connectivity index (χ2v) is 5.28. The number of pyridine rings is 1. The van der Waals surface area contributed by atoms with Crippen molar-refractivity contribution in [3.05, 3.63) is 23.9 Å². The van der Waals surface area contributed by atoms with E-state index in [4.69, 9.17) is 5.26 Å². The van der Waals surface area contributed by atoms with Gasteiger partial charge in [0, 0.05) is 19.2 Å². The Morgan fingerprint density at radius 2 is 2.24 bits per heavy atom. The highest BCUT2D eigenvalue weighted by Crippen LogP contribution is 2.27. The summed E-state index contributed by atoms with van der Waals surface area (Å²) >= 11 is 0. The van der Waals surface area contributed by atoms with E-state index in [0.29, 0.717) is 6.42 Å². The molecule has 0 atom stereocenters. The minimum Gasteiger partial charge on any atom is -0.268 e. The maximum absolute atomic E-state index is 11.9. The molecule has 0 bridgehead atoms. The summed E-state index contributed by atoms with van der Waals surface area (Å²) in [4.78, 5) is 15.6. The van der Waals surface area contributed by atoms with Crippen molar-refractivity contribution >= 4 is 15.9 Å². The number of aromatic nitrogens is 1. The SMILES string of the molecule is N#CCCCN1C(=O)c2cccnc2S1(=O)=O. The Hall–Kier alpha value is -1.94. The van der Waals surface area contributed by atoms with Crippen molar-refractivity contribution in [2.45, 2.75) is 17.9 Å². The lowest BCUT2D eigenvalue weighted by Gasteiger charge is -2.12. The third-order valence-corrected chi connectivity index (χ3v) is 4.16. The minimum atomic E-state index is -3.81. The first-order valence-electron chi connectivity index (χ1n) is 4.98. The lowest BCUT2D eigenvalue weighted by Crippen LogP contribution is -2.31. The molecule has 0 unspecified atom stereocenters. The Morgan fingerprint density at radius 3 is 2.88 bits per heavy atom. The number of rotatable bonds is 3. The molecule has 0 N–H and O–H groups in total. The molecule has 0 saturated carbocycles. The summed E-state index contributed by atoms with van der Waals surface area (Å²) in [5, 5.41) is 8.20. The molecule has 2 rings (SSSR count). The van der Waals surface area contributed by atoms with Gasteiger partial charge in [0.2, 0.25) is 0 Å². The van der Waals surface area contributed by atoms with Gasteiger partial charge in [-0.1, -0.05) is 0 Å². The zero-order valence-corrected chi connectivity index (χ0v) is 9.64. The molecule has 0 aliphatic carbocycles. The topological polar surface area (TPSA) is 91.1 Å². The summed E-state index contributed by atoms with van der Waals surface area (Å²) < 4.78 is 24.7. The number of carbonyl (C=O) groups is 1. The normalized spacial score (nSPS) is 16.6. The Balaban J connectivity index is 2.35. The third kappa shape index (κ3) is 1.76. The molecule has 1 aromatic heterocycles. The van der Waals surface area contributed by atoms with Gasteiger partial charge >= 0.3 is 0 Å². The van der Waals surface area contributed by atoms with Crippen molar-refractivity contribution < 1.29 is 13.2 Å². The Labute approximate surface area is 98.5 Å². The smallest absolute Gasteiger partial charge is 0.268 e. The number of hydrogen-bond acceptors (Lipinski definition) is 5. The van der Waals surface area contributed by atoms with Crippen LogP contribution in [0, 0.1) is 11.3 Å². The first-order valence-corrected chi connectivity index (χ1v) is 6.42. The van der Waals surface area contributed by atoms with Crippen LogP contribution >= 0.6 is 0 Å². The van der Waals surface area contributed by atoms with Crippen molar-refractivity contribution in [1.29, 1.82) is 5.26 Å². The van der Waals surface area contributed by atoms with E-state index in [1.807, 2.05) is 6.07 Å². The average Bonchev–Trinajstić information content (AvgIpc) is 2.51. The molecule has 0 aromatic carbocycles. The summed E-state index contributed by atoms with van der Waals surface area (Å²) in [5.74, 6) is -0.564. The maximum atomic E-state index is 11.9. The fourth-order valence-electron chi connectivity index (χ4n) is 1.63. The highest BCUT2D eigenvalue weighted by Gasteiger charge is 2.41. The largest absolute Gasteiger partial charge is 0.285 e. The van der Waals surface area contributed by atoms with E-state index in [9.17, 15) is 13.2 Å². The molecule has 1 aromatic rings. The molecule has 17 heavy (non-hydrogen) atoms. The van der Waals surface area contributed by atoms with E-state index in [1.165, 1.54) is 18.3 Å². The van der Waals surface area contributed by atoms with Gasteiger partial charge in [-0.3, -0.25) is 4.79 Å². The van der Waals surface area contributed by atoms with Crippen molar-refractivity contribution in [2.24, 2.45) is 0 Å². The highest BCUT2D eigenvalue weighted by atomic mass is 32.2. The highest BCUT2D eigenvalue weighted by molar-refractivity contribution is 7.90. The van der Waals surface area contributed by atoms with Gasteiger partial charge in [0.25, 0.3) is 15.9 Å². The summed E-state index contributed by atoms with van der Waals surface area (Å²) in [7, 11) is -3.81. The number of nitriles is 1. The van der Waals surface area contributed by atoms with Crippen LogP contribution in [0.1, 0.15) is 23.2 Å². The first kappa shape index (κ1) is 11.5. The number of unbranched alkanes of at least 4 members (excludes halogenated alkanes) is 1. The molecular formula is C10H9N3O3S. The molecular weight excluding hydrogens is 242 g/mol. The molecule has 6 nitrogen and oxygen atoms in total. The molecule has 7 heteroatoms. The summed E-state index contributed by atoms with van der Waals surface area (Å²) in [5.41, 5.74) is 0.101. The van der Waals surface area contributed by atoms with Crippen LogP contribution in [-0.4, -0.2) is 30.2 Å². The van der Waals surface area contributed by atoms with Gasteiger partial charge in [-0.2, -0.15) is 13.7 Å². The van der Waals surface area contributed by atoms with Crippen LogP contribution < -0.4 is 0 Å². The average molecular weight is 251 g/mol. The molecule has 0 saturated heterocycles. The molecule has 2 heterocycles. The number of carbonyl (C=O) groups excluding carboxylic acids is 1. The zero-order chi connectivity index (χ0) is 12.5. The molecule has 1 amide bonds. The summed E-state index contributed by atoms with van der Waals surface area (Å²) in [6.07, 6.45) is 1.88. The van der Waals surface area contributed by atoms with E-state index >= 15 is 0 Å². The molecule has 0 spiro atoms. The first-order chi connectivity index (χ1) is 8.09. The standard InChI is InChI=1S/C10H9N3O3S/c11-5-1-2-7-13-10(14)8-4-3-6-12-9(8)17(13,15)16/h3-4,6H,1-2,7H2. The van der Waals surface area contributed by atoms with Gasteiger partial charge in [0.05, 0.1) is 11.6 Å². The number of sulfonamides is 1. The molecule has 1 aliphatic heterocycles. The van der Waals surface area contributed by atoms with Gasteiger partial charge in [-0.05, 0) is 18.6 Å². The fraction of sp³-hybridized carbons (Fsp3) is 0.300. The van der Waals surface area contributed by atoms with E-state index in [2.05, 4.69) is 4.98 Å². The zero-order valence-electron chi connectivity index (χ0n) is 8.83. The molecule has 1 aliphatic rings. The van der Waals surface area contributed by atoms with E-state index < -0.39 is 15.9 Å². The number of fused-ring (bicyclic) bond motifs is 1. The monoisotopic (exact) mass is 251 g/mol. The Bertz CT molecular complexity index is 603. The lowest BCUT2D eigenvalue weighted by molar-refractivity contribution is 0.0870. The second kappa shape index (κ2) is 4.14. The fourth-order valence-corrected chi connectivity index (χ4v) is 3.15. The number of amides is 1. The third-order valence-electron chi connectivity index (χ3n) is 2.41. The van der Waals surface area contributed by atoms with Gasteiger partial charge in [0.15, 0.2) is 5.03 Å². The van der Waals surface area contributed by atoms with E-state index in [0.717, 1.165) is 4.31 Å². The quantitative estimate of drug-likeness (QED) is 0.731. The summed E-state index contributed by atoms with van der Waals surface area (Å²) in [6, 6.07) is 4.86. The van der Waals surface area contributed by atoms with Crippen LogP contribution in [0.25, 0.3) is 0 Å². The van der Waals surface area contributed by atoms with E-state index in [-0.39, 0.29) is 23.6 Å². The van der Waals surface area contributed by atoms with Crippen molar-refractivity contribution in [2.75, 3.05) is 6.54 Å². The minimum absolute atomic E-state index is 0.0189. The van der Waals surface area contributed by atoms with Crippen LogP contribution in [0.15, 0.2) is 23.4 Å². The van der Waals surface area contributed by atoms with Crippen LogP contribution in [0.5, 0.6) is 0 Å². The Kier molecular flexibility index (Phi) is 2.81. The van der Waals surface area contributed by atoms with Crippen molar-refractivity contribution in [1.82, 2.24) is 9.29 Å². The second-order valence-electron chi connectivity index (χ2n) is 3.50. The Morgan fingerprint density at radius 1 is 1.47 bits per heavy atom. The van der Waals surface area contributed by atoms with Crippen LogP contribution in [0.2, 0.25) is 0 Å². The lowest BCUT2D eigenvalue weighted by atomic mass is 10.2. The van der Waals surface area contributed by atoms with Crippen LogP contribution in [0.3, 0.4) is 0 Å². The van der Waals surface area contributed by atoms with Crippen molar-refractivity contribution in [3.63, 3.8) is 0 Å². The number of hydrogen-bond donors (Lipinski definition) is 0. The maximum Gasteiger partial charge on any atom is 0.285 e. The van der Waals surface area contributed by atoms with Crippen molar-refractivity contribution in [3.8, 4) is 6.07 Å². The molecule has 0 radical (unpaired) electrons. The van der Waals surface area contributed by atoms with Crippen LogP contribution in [0.4, 0.5) is 0 Å². The van der Waals surface area contributed by atoms with Gasteiger partial charge < -0.3 is 0 Å². The predicted octanol–water partition coefficient (Wildman–Crippen LogP) is 0.530. The predicted molar refractivity (Wildman–Crippen MR) is 57.3 cm³/mol. The van der Waals surface area contributed by atoms with Crippen LogP contribution in [-0.2, 0) is 10.0 Å². The molecule has 88 valence electrons.